The largest absolute Gasteiger partial charge is 0.469 e. The molecular formula is C27H29N3O3. The van der Waals surface area contributed by atoms with Gasteiger partial charge in [-0.1, -0.05) is 66.7 Å². The van der Waals surface area contributed by atoms with Crippen molar-refractivity contribution in [2.45, 2.75) is 25.3 Å². The highest BCUT2D eigenvalue weighted by Crippen LogP contribution is 2.20. The van der Waals surface area contributed by atoms with Crippen LogP contribution in [0, 0.1) is 11.3 Å². The van der Waals surface area contributed by atoms with Gasteiger partial charge in [-0.25, -0.2) is 0 Å². The Labute approximate surface area is 194 Å². The van der Waals surface area contributed by atoms with Gasteiger partial charge in [-0.2, -0.15) is 0 Å². The van der Waals surface area contributed by atoms with Gasteiger partial charge in [0.25, 0.3) is 5.91 Å². The maximum atomic E-state index is 13.0. The summed E-state index contributed by atoms with van der Waals surface area (Å²) in [4.78, 5) is 25.8. The lowest BCUT2D eigenvalue weighted by atomic mass is 9.87. The van der Waals surface area contributed by atoms with E-state index in [1.54, 1.807) is 36.4 Å². The molecule has 0 heterocycles. The third kappa shape index (κ3) is 6.77. The van der Waals surface area contributed by atoms with Crippen LogP contribution in [0.25, 0.3) is 0 Å². The summed E-state index contributed by atoms with van der Waals surface area (Å²) < 4.78 is 5.13. The van der Waals surface area contributed by atoms with E-state index in [4.69, 9.17) is 15.9 Å². The molecule has 0 fully saturated rings. The molecular weight excluding hydrogens is 414 g/mol. The quantitative estimate of drug-likeness (QED) is 0.252. The molecule has 0 aliphatic heterocycles. The molecule has 0 aliphatic rings. The van der Waals surface area contributed by atoms with Crippen LogP contribution in [0.4, 0.5) is 0 Å². The predicted molar refractivity (Wildman–Crippen MR) is 129 cm³/mol. The molecule has 2 atom stereocenters. The van der Waals surface area contributed by atoms with Crippen LogP contribution < -0.4 is 11.1 Å². The van der Waals surface area contributed by atoms with Crippen molar-refractivity contribution >= 4 is 17.7 Å². The molecule has 3 aromatic carbocycles. The second-order valence-electron chi connectivity index (χ2n) is 7.92. The van der Waals surface area contributed by atoms with E-state index >= 15 is 0 Å². The average Bonchev–Trinajstić information content (AvgIpc) is 2.86. The molecule has 33 heavy (non-hydrogen) atoms. The second-order valence-corrected chi connectivity index (χ2v) is 7.92. The number of esters is 1. The number of hydrogen-bond donors (Lipinski definition) is 3. The van der Waals surface area contributed by atoms with Gasteiger partial charge in [-0.3, -0.25) is 15.0 Å². The summed E-state index contributed by atoms with van der Waals surface area (Å²) >= 11 is 0. The van der Waals surface area contributed by atoms with Gasteiger partial charge >= 0.3 is 5.97 Å². The van der Waals surface area contributed by atoms with Crippen molar-refractivity contribution in [1.29, 1.82) is 5.41 Å². The van der Waals surface area contributed by atoms with Crippen molar-refractivity contribution in [2.24, 2.45) is 11.7 Å². The number of nitrogen functional groups attached to an aromatic ring is 1. The minimum atomic E-state index is -0.603. The lowest BCUT2D eigenvalue weighted by Crippen LogP contribution is -2.45. The number of hydrogen-bond acceptors (Lipinski definition) is 4. The smallest absolute Gasteiger partial charge is 0.311 e. The first-order chi connectivity index (χ1) is 16.0. The molecule has 170 valence electrons. The van der Waals surface area contributed by atoms with Gasteiger partial charge in [-0.05, 0) is 48.6 Å². The summed E-state index contributed by atoms with van der Waals surface area (Å²) in [7, 11) is 1.36. The van der Waals surface area contributed by atoms with Gasteiger partial charge in [0, 0.05) is 17.2 Å². The summed E-state index contributed by atoms with van der Waals surface area (Å²) in [6.45, 7) is 0. The van der Waals surface area contributed by atoms with Gasteiger partial charge in [0.2, 0.25) is 0 Å². The number of carbonyl (C=O) groups is 2. The monoisotopic (exact) mass is 443 g/mol. The fraction of sp³-hybridized carbons (Fsp3) is 0.222. The molecule has 3 rings (SSSR count). The average molecular weight is 444 g/mol. The van der Waals surface area contributed by atoms with Crippen LogP contribution in [0.2, 0.25) is 0 Å². The number of nitrogens with two attached hydrogens (primary N) is 1. The molecule has 3 aromatic rings. The zero-order valence-electron chi connectivity index (χ0n) is 18.7. The summed E-state index contributed by atoms with van der Waals surface area (Å²) in [5.74, 6) is -1.27. The first kappa shape index (κ1) is 23.7. The zero-order chi connectivity index (χ0) is 23.6. The lowest BCUT2D eigenvalue weighted by Gasteiger charge is -2.27. The lowest BCUT2D eigenvalue weighted by molar-refractivity contribution is -0.146. The highest BCUT2D eigenvalue weighted by Gasteiger charge is 2.31. The highest BCUT2D eigenvalue weighted by molar-refractivity contribution is 5.95. The standard InChI is InChI=1S/C27H29N3O3/c1-33-27(32)23(18-20-11-8-14-22(17-20)25(28)29)24(16-15-19-9-4-2-5-10-19)30-26(31)21-12-6-3-7-13-21/h2-14,17,23-24H,15-16,18H2,1H3,(H3,28,29)(H,30,31). The molecule has 0 bridgehead atoms. The molecule has 0 aliphatic carbocycles. The van der Waals surface area contributed by atoms with Crippen molar-refractivity contribution < 1.29 is 14.3 Å². The number of benzene rings is 3. The maximum Gasteiger partial charge on any atom is 0.311 e. The molecule has 0 radical (unpaired) electrons. The van der Waals surface area contributed by atoms with Crippen LogP contribution in [0.1, 0.15) is 33.5 Å². The van der Waals surface area contributed by atoms with Crippen molar-refractivity contribution in [2.75, 3.05) is 7.11 Å². The Morgan fingerprint density at radius 1 is 0.909 bits per heavy atom. The van der Waals surface area contributed by atoms with Crippen LogP contribution in [0.15, 0.2) is 84.9 Å². The highest BCUT2D eigenvalue weighted by atomic mass is 16.5. The fourth-order valence-electron chi connectivity index (χ4n) is 3.84. The molecule has 0 saturated heterocycles. The first-order valence-corrected chi connectivity index (χ1v) is 10.9. The van der Waals surface area contributed by atoms with Crippen molar-refractivity contribution in [1.82, 2.24) is 5.32 Å². The Morgan fingerprint density at radius 2 is 1.52 bits per heavy atom. The van der Waals surface area contributed by atoms with Crippen molar-refractivity contribution in [3.63, 3.8) is 0 Å². The van der Waals surface area contributed by atoms with Crippen LogP contribution in [0.3, 0.4) is 0 Å². The third-order valence-corrected chi connectivity index (χ3v) is 5.62. The Balaban J connectivity index is 1.88. The number of nitrogens with one attached hydrogen (secondary N) is 2. The Bertz CT molecular complexity index is 1080. The molecule has 0 aromatic heterocycles. The van der Waals surface area contributed by atoms with Gasteiger partial charge in [0.15, 0.2) is 0 Å². The minimum Gasteiger partial charge on any atom is -0.469 e. The van der Waals surface area contributed by atoms with Crippen LogP contribution >= 0.6 is 0 Å². The summed E-state index contributed by atoms with van der Waals surface area (Å²) in [6, 6.07) is 25.7. The maximum absolute atomic E-state index is 13.0. The Hall–Kier alpha value is -3.93. The van der Waals surface area contributed by atoms with Gasteiger partial charge < -0.3 is 15.8 Å². The zero-order valence-corrected chi connectivity index (χ0v) is 18.7. The molecule has 6 nitrogen and oxygen atoms in total. The summed E-state index contributed by atoms with van der Waals surface area (Å²) in [5, 5.41) is 10.8. The van der Waals surface area contributed by atoms with E-state index < -0.39 is 17.9 Å². The molecule has 0 spiro atoms. The number of rotatable bonds is 10. The van der Waals surface area contributed by atoms with E-state index in [2.05, 4.69) is 5.32 Å². The minimum absolute atomic E-state index is 0.0375. The number of aryl methyl sites for hydroxylation is 1. The van der Waals surface area contributed by atoms with Crippen LogP contribution in [-0.4, -0.2) is 30.9 Å². The van der Waals surface area contributed by atoms with Gasteiger partial charge in [0.05, 0.1) is 13.0 Å². The van der Waals surface area contributed by atoms with Crippen molar-refractivity contribution in [3.05, 3.63) is 107 Å². The first-order valence-electron chi connectivity index (χ1n) is 10.9. The summed E-state index contributed by atoms with van der Waals surface area (Å²) in [5.41, 5.74) is 8.72. The fourth-order valence-corrected chi connectivity index (χ4v) is 3.84. The van der Waals surface area contributed by atoms with E-state index in [1.807, 2.05) is 48.5 Å². The van der Waals surface area contributed by atoms with E-state index in [1.165, 1.54) is 7.11 Å². The Morgan fingerprint density at radius 3 is 2.15 bits per heavy atom. The predicted octanol–water partition coefficient (Wildman–Crippen LogP) is 3.73. The van der Waals surface area contributed by atoms with E-state index in [0.717, 1.165) is 11.1 Å². The SMILES string of the molecule is COC(=O)C(Cc1cccc(C(=N)N)c1)C(CCc1ccccc1)NC(=O)c1ccccc1. The second kappa shape index (κ2) is 11.6. The third-order valence-electron chi connectivity index (χ3n) is 5.62. The van der Waals surface area contributed by atoms with Crippen LogP contribution in [-0.2, 0) is 22.4 Å². The number of amidine groups is 1. The number of ether oxygens (including phenoxy) is 1. The van der Waals surface area contributed by atoms with Gasteiger partial charge in [-0.15, -0.1) is 0 Å². The molecule has 2 unspecified atom stereocenters. The van der Waals surface area contributed by atoms with Crippen molar-refractivity contribution in [3.8, 4) is 0 Å². The Kier molecular flexibility index (Phi) is 8.36. The van der Waals surface area contributed by atoms with E-state index in [0.29, 0.717) is 30.4 Å². The number of methoxy groups -OCH3 is 1. The molecule has 6 heteroatoms. The van der Waals surface area contributed by atoms with Crippen LogP contribution in [0.5, 0.6) is 0 Å². The summed E-state index contributed by atoms with van der Waals surface area (Å²) in [6.07, 6.45) is 1.61. The normalized spacial score (nSPS) is 12.4. The molecule has 1 amide bonds. The van der Waals surface area contributed by atoms with E-state index in [-0.39, 0.29) is 11.7 Å². The number of amides is 1. The molecule has 0 saturated carbocycles. The topological polar surface area (TPSA) is 105 Å². The number of carbonyl (C=O) groups excluding carboxylic acids is 2. The molecule has 4 N–H and O–H groups in total. The van der Waals surface area contributed by atoms with E-state index in [9.17, 15) is 9.59 Å². The van der Waals surface area contributed by atoms with Gasteiger partial charge in [0.1, 0.15) is 5.84 Å².